The van der Waals surface area contributed by atoms with Crippen molar-refractivity contribution in [2.75, 3.05) is 0 Å². The van der Waals surface area contributed by atoms with E-state index in [9.17, 15) is 10.1 Å². The van der Waals surface area contributed by atoms with Crippen LogP contribution in [0.2, 0.25) is 0 Å². The highest BCUT2D eigenvalue weighted by Crippen LogP contribution is 2.37. The normalized spacial score (nSPS) is 31.7. The molecule has 15 heavy (non-hydrogen) atoms. The summed E-state index contributed by atoms with van der Waals surface area (Å²) in [6, 6.07) is -0.446. The molecule has 5 heteroatoms. The zero-order valence-corrected chi connectivity index (χ0v) is 9.61. The predicted octanol–water partition coefficient (Wildman–Crippen LogP) is 2.95. The van der Waals surface area contributed by atoms with Crippen LogP contribution in [-0.4, -0.2) is 15.5 Å². The van der Waals surface area contributed by atoms with Crippen LogP contribution in [0.1, 0.15) is 20.3 Å². The lowest BCUT2D eigenvalue weighted by Crippen LogP contribution is -2.43. The lowest BCUT2D eigenvalue weighted by atomic mass is 9.70. The molecule has 0 aromatic rings. The minimum Gasteiger partial charge on any atom is -0.325 e. The van der Waals surface area contributed by atoms with Crippen molar-refractivity contribution in [2.45, 2.75) is 26.3 Å². The Labute approximate surface area is 93.4 Å². The molecule has 0 heterocycles. The van der Waals surface area contributed by atoms with Crippen LogP contribution in [0.15, 0.2) is 23.1 Å². The molecule has 0 saturated heterocycles. The Morgan fingerprint density at radius 2 is 2.33 bits per heavy atom. The number of allylic oxidation sites excluding steroid dienone is 2. The van der Waals surface area contributed by atoms with Crippen molar-refractivity contribution >= 4 is 12.0 Å². The van der Waals surface area contributed by atoms with Crippen LogP contribution in [0.25, 0.3) is 0 Å². The van der Waals surface area contributed by atoms with E-state index in [4.69, 9.17) is 4.55 Å². The van der Waals surface area contributed by atoms with Gasteiger partial charge in [0, 0.05) is 34.2 Å². The average molecular weight is 229 g/mol. The highest BCUT2D eigenvalue weighted by atomic mass is 32.2. The summed E-state index contributed by atoms with van der Waals surface area (Å²) < 4.78 is 8.83. The molecule has 4 nitrogen and oxygen atoms in total. The Bertz CT molecular complexity index is 301. The maximum absolute atomic E-state index is 10.6. The van der Waals surface area contributed by atoms with Gasteiger partial charge in [0.1, 0.15) is 0 Å². The molecule has 84 valence electrons. The Hall–Kier alpha value is -0.810. The molecule has 1 N–H and O–H groups in total. The molecule has 0 bridgehead atoms. The predicted molar refractivity (Wildman–Crippen MR) is 61.2 cm³/mol. The Balaban J connectivity index is 2.60. The first kappa shape index (κ1) is 12.3. The summed E-state index contributed by atoms with van der Waals surface area (Å²) >= 11 is 0.662. The minimum absolute atomic E-state index is 0.00194. The van der Waals surface area contributed by atoms with Gasteiger partial charge in [-0.1, -0.05) is 25.2 Å². The molecule has 1 saturated carbocycles. The van der Waals surface area contributed by atoms with E-state index in [-0.39, 0.29) is 10.8 Å². The molecule has 0 aromatic carbocycles. The molecular formula is C10H15NO3S. The van der Waals surface area contributed by atoms with Crippen molar-refractivity contribution in [3.8, 4) is 0 Å². The van der Waals surface area contributed by atoms with Crippen LogP contribution in [0.4, 0.5) is 0 Å². The van der Waals surface area contributed by atoms with E-state index >= 15 is 0 Å². The molecule has 1 aliphatic carbocycles. The van der Waals surface area contributed by atoms with Gasteiger partial charge in [-0.2, -0.15) is 0 Å². The van der Waals surface area contributed by atoms with Crippen LogP contribution < -0.4 is 0 Å². The maximum Gasteiger partial charge on any atom is 0.219 e. The zero-order chi connectivity index (χ0) is 11.4. The van der Waals surface area contributed by atoms with Gasteiger partial charge in [0.05, 0.1) is 0 Å². The molecule has 3 unspecified atom stereocenters. The molecule has 1 fully saturated rings. The second-order valence-electron chi connectivity index (χ2n) is 3.78. The van der Waals surface area contributed by atoms with E-state index < -0.39 is 6.04 Å². The smallest absolute Gasteiger partial charge is 0.219 e. The van der Waals surface area contributed by atoms with E-state index in [1.807, 2.05) is 19.9 Å². The van der Waals surface area contributed by atoms with Crippen molar-refractivity contribution in [3.63, 3.8) is 0 Å². The van der Waals surface area contributed by atoms with Gasteiger partial charge in [0.25, 0.3) is 0 Å². The number of nitro groups is 1. The first-order valence-corrected chi connectivity index (χ1v) is 5.67. The SMILES string of the molecule is C/C=C(\C=C/C1C(C)CC1[N+](=O)[O-])SO. The van der Waals surface area contributed by atoms with Crippen molar-refractivity contribution in [2.24, 2.45) is 11.8 Å². The number of hydrogen-bond acceptors (Lipinski definition) is 4. The summed E-state index contributed by atoms with van der Waals surface area (Å²) in [5, 5.41) is 10.6. The Morgan fingerprint density at radius 3 is 2.73 bits per heavy atom. The lowest BCUT2D eigenvalue weighted by molar-refractivity contribution is -0.549. The van der Waals surface area contributed by atoms with Gasteiger partial charge >= 0.3 is 0 Å². The van der Waals surface area contributed by atoms with E-state index in [0.29, 0.717) is 24.4 Å². The van der Waals surface area contributed by atoms with Crippen molar-refractivity contribution in [3.05, 3.63) is 33.2 Å². The third kappa shape index (κ3) is 2.82. The zero-order valence-electron chi connectivity index (χ0n) is 8.79. The topological polar surface area (TPSA) is 63.4 Å². The standard InChI is InChI=1S/C10H15NO3S/c1-3-8(15-14)4-5-9-7(2)6-10(9)11(12)13/h3-5,7,9-10,14H,6H2,1-2H3/b5-4-,8-3+. The fourth-order valence-electron chi connectivity index (χ4n) is 1.81. The number of nitrogens with zero attached hydrogens (tertiary/aromatic N) is 1. The minimum atomic E-state index is -0.446. The molecular weight excluding hydrogens is 214 g/mol. The van der Waals surface area contributed by atoms with Crippen molar-refractivity contribution < 1.29 is 9.48 Å². The summed E-state index contributed by atoms with van der Waals surface area (Å²) in [6.07, 6.45) is 6.01. The molecule has 1 rings (SSSR count). The van der Waals surface area contributed by atoms with Gasteiger partial charge in [-0.15, -0.1) is 0 Å². The summed E-state index contributed by atoms with van der Waals surface area (Å²) in [4.78, 5) is 11.1. The van der Waals surface area contributed by atoms with Gasteiger partial charge in [0.2, 0.25) is 6.04 Å². The van der Waals surface area contributed by atoms with Gasteiger partial charge < -0.3 is 4.55 Å². The van der Waals surface area contributed by atoms with Crippen LogP contribution >= 0.6 is 12.0 Å². The van der Waals surface area contributed by atoms with E-state index in [2.05, 4.69) is 0 Å². The summed E-state index contributed by atoms with van der Waals surface area (Å²) in [5.74, 6) is 0.362. The largest absolute Gasteiger partial charge is 0.325 e. The van der Waals surface area contributed by atoms with Crippen LogP contribution in [-0.2, 0) is 0 Å². The molecule has 0 spiro atoms. The van der Waals surface area contributed by atoms with Gasteiger partial charge in [-0.25, -0.2) is 0 Å². The quantitative estimate of drug-likeness (QED) is 0.348. The Kier molecular flexibility index (Phi) is 4.35. The molecule has 3 atom stereocenters. The average Bonchev–Trinajstić information content (AvgIpc) is 2.20. The number of rotatable bonds is 4. The highest BCUT2D eigenvalue weighted by Gasteiger charge is 2.44. The molecule has 0 amide bonds. The Morgan fingerprint density at radius 1 is 1.67 bits per heavy atom. The molecule has 0 aromatic heterocycles. The van der Waals surface area contributed by atoms with E-state index in [1.165, 1.54) is 0 Å². The fourth-order valence-corrected chi connectivity index (χ4v) is 2.05. The summed E-state index contributed by atoms with van der Waals surface area (Å²) in [5.41, 5.74) is 0. The van der Waals surface area contributed by atoms with Crippen molar-refractivity contribution in [1.29, 1.82) is 0 Å². The van der Waals surface area contributed by atoms with Gasteiger partial charge in [0.15, 0.2) is 0 Å². The number of hydrogen-bond donors (Lipinski definition) is 1. The molecule has 0 aliphatic heterocycles. The van der Waals surface area contributed by atoms with Gasteiger partial charge in [-0.3, -0.25) is 10.1 Å². The second-order valence-corrected chi connectivity index (χ2v) is 4.44. The first-order valence-electron chi connectivity index (χ1n) is 4.89. The monoisotopic (exact) mass is 229 g/mol. The van der Waals surface area contributed by atoms with Gasteiger partial charge in [-0.05, 0) is 12.8 Å². The summed E-state index contributed by atoms with van der Waals surface area (Å²) in [6.45, 7) is 3.83. The second kappa shape index (κ2) is 5.32. The maximum atomic E-state index is 10.6. The van der Waals surface area contributed by atoms with Crippen LogP contribution in [0, 0.1) is 22.0 Å². The van der Waals surface area contributed by atoms with Crippen LogP contribution in [0.5, 0.6) is 0 Å². The molecule has 0 radical (unpaired) electrons. The van der Waals surface area contributed by atoms with Crippen LogP contribution in [0.3, 0.4) is 0 Å². The van der Waals surface area contributed by atoms with E-state index in [1.54, 1.807) is 12.2 Å². The van der Waals surface area contributed by atoms with E-state index in [0.717, 1.165) is 4.91 Å². The summed E-state index contributed by atoms with van der Waals surface area (Å²) in [7, 11) is 0. The molecule has 1 aliphatic rings. The third-order valence-corrected chi connectivity index (χ3v) is 3.44. The lowest BCUT2D eigenvalue weighted by Gasteiger charge is -2.34. The first-order chi connectivity index (χ1) is 7.10. The fraction of sp³-hybridized carbons (Fsp3) is 0.600. The van der Waals surface area contributed by atoms with Crippen molar-refractivity contribution in [1.82, 2.24) is 0 Å². The third-order valence-electron chi connectivity index (χ3n) is 2.86. The highest BCUT2D eigenvalue weighted by molar-refractivity contribution is 7.97.